The van der Waals surface area contributed by atoms with Gasteiger partial charge in [-0.05, 0) is 19.1 Å². The van der Waals surface area contributed by atoms with Crippen LogP contribution >= 0.6 is 11.6 Å². The van der Waals surface area contributed by atoms with E-state index in [0.29, 0.717) is 5.03 Å². The van der Waals surface area contributed by atoms with E-state index >= 15 is 0 Å². The third-order valence-corrected chi connectivity index (χ3v) is 1.71. The predicted molar refractivity (Wildman–Crippen MR) is 60.9 cm³/mol. The van der Waals surface area contributed by atoms with Crippen molar-refractivity contribution in [1.82, 2.24) is 0 Å². The van der Waals surface area contributed by atoms with Crippen molar-refractivity contribution >= 4 is 17.6 Å². The molecule has 0 bridgehead atoms. The number of carbonyl (C=O) groups excluding carboxylic acids is 1. The number of rotatable bonds is 6. The summed E-state index contributed by atoms with van der Waals surface area (Å²) in [6.45, 7) is 1.14. The minimum atomic E-state index is -1.03. The zero-order valence-corrected chi connectivity index (χ0v) is 9.78. The molecule has 0 aliphatic carbocycles. The highest BCUT2D eigenvalue weighted by atomic mass is 35.5. The zero-order valence-electron chi connectivity index (χ0n) is 9.02. The first-order valence-electron chi connectivity index (χ1n) is 4.78. The van der Waals surface area contributed by atoms with Crippen LogP contribution in [0.1, 0.15) is 13.3 Å². The molecule has 0 aromatic rings. The number of allylic oxidation sites excluding steroid dienone is 2. The number of ether oxygens (including phenoxy) is 1. The summed E-state index contributed by atoms with van der Waals surface area (Å²) in [5.74, 6) is -0.492. The Morgan fingerprint density at radius 1 is 1.62 bits per heavy atom. The van der Waals surface area contributed by atoms with Crippen LogP contribution in [0.3, 0.4) is 0 Å². The van der Waals surface area contributed by atoms with Gasteiger partial charge in [-0.3, -0.25) is 4.79 Å². The second-order valence-corrected chi connectivity index (χ2v) is 3.31. The SMILES string of the molecule is CC=C=C(Cl)C=CCC(=O)OCC(O)CO. The fourth-order valence-corrected chi connectivity index (χ4v) is 0.944. The lowest BCUT2D eigenvalue weighted by atomic mass is 10.3. The lowest BCUT2D eigenvalue weighted by Crippen LogP contribution is -2.21. The van der Waals surface area contributed by atoms with Gasteiger partial charge in [0, 0.05) is 0 Å². The molecule has 0 saturated carbocycles. The van der Waals surface area contributed by atoms with Gasteiger partial charge < -0.3 is 14.9 Å². The topological polar surface area (TPSA) is 66.8 Å². The monoisotopic (exact) mass is 246 g/mol. The summed E-state index contributed by atoms with van der Waals surface area (Å²) in [5.41, 5.74) is 2.72. The lowest BCUT2D eigenvalue weighted by molar-refractivity contribution is -0.146. The molecule has 0 spiro atoms. The van der Waals surface area contributed by atoms with E-state index in [0.717, 1.165) is 0 Å². The van der Waals surface area contributed by atoms with Crippen LogP contribution in [0.2, 0.25) is 0 Å². The van der Waals surface area contributed by atoms with Crippen LogP contribution in [-0.4, -0.2) is 35.5 Å². The third-order valence-electron chi connectivity index (χ3n) is 1.48. The van der Waals surface area contributed by atoms with Gasteiger partial charge in [-0.2, -0.15) is 0 Å². The van der Waals surface area contributed by atoms with Gasteiger partial charge in [-0.1, -0.05) is 17.7 Å². The maximum atomic E-state index is 11.1. The number of aliphatic hydroxyl groups excluding tert-OH is 2. The molecule has 0 rings (SSSR count). The number of halogens is 1. The highest BCUT2D eigenvalue weighted by molar-refractivity contribution is 6.31. The lowest BCUT2D eigenvalue weighted by Gasteiger charge is -2.06. The maximum Gasteiger partial charge on any atom is 0.309 e. The van der Waals surface area contributed by atoms with E-state index in [1.807, 2.05) is 0 Å². The number of carbonyl (C=O) groups is 1. The Kier molecular flexibility index (Phi) is 8.58. The zero-order chi connectivity index (χ0) is 12.4. The van der Waals surface area contributed by atoms with Gasteiger partial charge in [0.05, 0.1) is 18.1 Å². The molecule has 0 aromatic heterocycles. The van der Waals surface area contributed by atoms with Crippen LogP contribution in [0, 0.1) is 0 Å². The summed E-state index contributed by atoms with van der Waals surface area (Å²) < 4.78 is 4.66. The highest BCUT2D eigenvalue weighted by Gasteiger charge is 2.05. The summed E-state index contributed by atoms with van der Waals surface area (Å²) >= 11 is 5.68. The molecule has 2 N–H and O–H groups in total. The van der Waals surface area contributed by atoms with Crippen LogP contribution in [-0.2, 0) is 9.53 Å². The van der Waals surface area contributed by atoms with Gasteiger partial charge >= 0.3 is 5.97 Å². The Hall–Kier alpha value is -1.06. The molecule has 0 aliphatic heterocycles. The normalized spacial score (nSPS) is 12.0. The summed E-state index contributed by atoms with van der Waals surface area (Å²) in [7, 11) is 0. The molecule has 0 radical (unpaired) electrons. The first kappa shape index (κ1) is 14.9. The van der Waals surface area contributed by atoms with Gasteiger partial charge in [0.2, 0.25) is 0 Å². The Labute approximate surface area is 99.5 Å². The quantitative estimate of drug-likeness (QED) is 0.419. The third kappa shape index (κ3) is 8.26. The second kappa shape index (κ2) is 9.19. The van der Waals surface area contributed by atoms with Crippen LogP contribution in [0.15, 0.2) is 29.0 Å². The Bertz CT molecular complexity index is 303. The predicted octanol–water partition coefficient (Wildman–Crippen LogP) is 1.13. The Morgan fingerprint density at radius 2 is 2.31 bits per heavy atom. The van der Waals surface area contributed by atoms with Crippen molar-refractivity contribution in [2.45, 2.75) is 19.4 Å². The van der Waals surface area contributed by atoms with Gasteiger partial charge in [0.25, 0.3) is 0 Å². The molecule has 0 aromatic carbocycles. The van der Waals surface area contributed by atoms with Crippen molar-refractivity contribution in [2.75, 3.05) is 13.2 Å². The average Bonchev–Trinajstić information content (AvgIpc) is 2.26. The van der Waals surface area contributed by atoms with Crippen LogP contribution in [0.25, 0.3) is 0 Å². The minimum absolute atomic E-state index is 0.0553. The van der Waals surface area contributed by atoms with Crippen LogP contribution in [0.4, 0.5) is 0 Å². The van der Waals surface area contributed by atoms with Crippen LogP contribution < -0.4 is 0 Å². The van der Waals surface area contributed by atoms with Crippen molar-refractivity contribution in [1.29, 1.82) is 0 Å². The Morgan fingerprint density at radius 3 is 2.88 bits per heavy atom. The molecular weight excluding hydrogens is 232 g/mol. The van der Waals surface area contributed by atoms with Crippen molar-refractivity contribution in [3.63, 3.8) is 0 Å². The summed E-state index contributed by atoms with van der Waals surface area (Å²) in [6, 6.07) is 0. The van der Waals surface area contributed by atoms with E-state index in [9.17, 15) is 4.79 Å². The number of hydrogen-bond acceptors (Lipinski definition) is 4. The fraction of sp³-hybridized carbons (Fsp3) is 0.455. The van der Waals surface area contributed by atoms with Gasteiger partial charge in [-0.25, -0.2) is 0 Å². The molecule has 0 fully saturated rings. The first-order chi connectivity index (χ1) is 7.60. The van der Waals surface area contributed by atoms with Crippen molar-refractivity contribution in [2.24, 2.45) is 0 Å². The van der Waals surface area contributed by atoms with Gasteiger partial charge in [0.1, 0.15) is 12.7 Å². The molecule has 16 heavy (non-hydrogen) atoms. The molecule has 0 aliphatic rings. The average molecular weight is 247 g/mol. The first-order valence-corrected chi connectivity index (χ1v) is 5.15. The standard InChI is InChI=1S/C11H15ClO4/c1-2-4-9(12)5-3-6-11(15)16-8-10(14)7-13/h2-3,5,10,13-14H,6-8H2,1H3. The van der Waals surface area contributed by atoms with E-state index in [1.54, 1.807) is 13.0 Å². The van der Waals surface area contributed by atoms with Gasteiger partial charge in [0.15, 0.2) is 0 Å². The Balaban J connectivity index is 3.86. The maximum absolute atomic E-state index is 11.1. The summed E-state index contributed by atoms with van der Waals surface area (Å²) in [6.07, 6.45) is 3.75. The molecule has 1 atom stereocenters. The molecule has 4 nitrogen and oxygen atoms in total. The van der Waals surface area contributed by atoms with Gasteiger partial charge in [-0.15, -0.1) is 5.73 Å². The van der Waals surface area contributed by atoms with Crippen molar-refractivity contribution < 1.29 is 19.7 Å². The van der Waals surface area contributed by atoms with Crippen molar-refractivity contribution in [3.8, 4) is 0 Å². The fourth-order valence-electron chi connectivity index (χ4n) is 0.745. The smallest absolute Gasteiger partial charge is 0.309 e. The number of aliphatic hydroxyl groups is 2. The second-order valence-electron chi connectivity index (χ2n) is 2.91. The van der Waals surface area contributed by atoms with E-state index in [-0.39, 0.29) is 13.0 Å². The molecule has 0 saturated heterocycles. The number of hydrogen-bond donors (Lipinski definition) is 2. The summed E-state index contributed by atoms with van der Waals surface area (Å²) in [4.78, 5) is 11.1. The minimum Gasteiger partial charge on any atom is -0.463 e. The number of esters is 1. The highest BCUT2D eigenvalue weighted by Crippen LogP contribution is 2.02. The van der Waals surface area contributed by atoms with Crippen molar-refractivity contribution in [3.05, 3.63) is 29.0 Å². The molecule has 0 heterocycles. The molecule has 90 valence electrons. The van der Waals surface area contributed by atoms with E-state index < -0.39 is 18.7 Å². The van der Waals surface area contributed by atoms with E-state index in [4.69, 9.17) is 21.8 Å². The molecule has 5 heteroatoms. The van der Waals surface area contributed by atoms with E-state index in [1.165, 1.54) is 12.2 Å². The summed E-state index contributed by atoms with van der Waals surface area (Å²) in [5, 5.41) is 17.8. The van der Waals surface area contributed by atoms with Crippen LogP contribution in [0.5, 0.6) is 0 Å². The van der Waals surface area contributed by atoms with E-state index in [2.05, 4.69) is 10.5 Å². The largest absolute Gasteiger partial charge is 0.463 e. The molecule has 1 unspecified atom stereocenters. The molecule has 0 amide bonds. The molecular formula is C11H15ClO4.